The molecule has 0 heterocycles. The van der Waals surface area contributed by atoms with Crippen LogP contribution in [0, 0.1) is 11.3 Å². The SMILES string of the molecule is CCCCCCCCC(C)(C=O)C(C)CCCCCCC. The number of carbonyl (C=O) groups excluding carboxylic acids is 1. The van der Waals surface area contributed by atoms with Gasteiger partial charge in [-0.2, -0.15) is 0 Å². The fraction of sp³-hybridized carbons (Fsp3) is 0.950. The van der Waals surface area contributed by atoms with Gasteiger partial charge in [-0.3, -0.25) is 0 Å². The molecule has 0 fully saturated rings. The van der Waals surface area contributed by atoms with Crippen molar-refractivity contribution in [1.82, 2.24) is 0 Å². The maximum Gasteiger partial charge on any atom is 0.126 e. The fourth-order valence-electron chi connectivity index (χ4n) is 3.09. The second kappa shape index (κ2) is 13.3. The van der Waals surface area contributed by atoms with Gasteiger partial charge in [0.05, 0.1) is 0 Å². The summed E-state index contributed by atoms with van der Waals surface area (Å²) in [5.74, 6) is 0.535. The molecule has 0 aromatic carbocycles. The number of unbranched alkanes of at least 4 members (excludes halogenated alkanes) is 9. The summed E-state index contributed by atoms with van der Waals surface area (Å²) in [6, 6.07) is 0. The molecule has 0 saturated carbocycles. The van der Waals surface area contributed by atoms with Gasteiger partial charge < -0.3 is 4.79 Å². The van der Waals surface area contributed by atoms with E-state index in [-0.39, 0.29) is 5.41 Å². The zero-order valence-electron chi connectivity index (χ0n) is 15.3. The molecule has 126 valence electrons. The first kappa shape index (κ1) is 20.7. The van der Waals surface area contributed by atoms with E-state index in [1.54, 1.807) is 0 Å². The van der Waals surface area contributed by atoms with Gasteiger partial charge in [-0.05, 0) is 18.8 Å². The van der Waals surface area contributed by atoms with Gasteiger partial charge in [0.1, 0.15) is 6.29 Å². The molecule has 0 aliphatic heterocycles. The molecule has 0 N–H and O–H groups in total. The minimum atomic E-state index is -0.0878. The van der Waals surface area contributed by atoms with Gasteiger partial charge in [-0.1, -0.05) is 98.3 Å². The van der Waals surface area contributed by atoms with Crippen molar-refractivity contribution in [2.24, 2.45) is 11.3 Å². The van der Waals surface area contributed by atoms with Gasteiger partial charge in [-0.25, -0.2) is 0 Å². The van der Waals surface area contributed by atoms with Crippen LogP contribution in [0.5, 0.6) is 0 Å². The predicted molar refractivity (Wildman–Crippen MR) is 94.7 cm³/mol. The largest absolute Gasteiger partial charge is 0.303 e. The highest BCUT2D eigenvalue weighted by molar-refractivity contribution is 5.59. The maximum absolute atomic E-state index is 11.6. The monoisotopic (exact) mass is 296 g/mol. The Labute approximate surface area is 134 Å². The van der Waals surface area contributed by atoms with Gasteiger partial charge in [0.2, 0.25) is 0 Å². The van der Waals surface area contributed by atoms with Gasteiger partial charge in [0, 0.05) is 5.41 Å². The standard InChI is InChI=1S/C20H40O/c1-5-7-9-11-13-15-17-20(4,18-21)19(3)16-14-12-10-8-6-2/h18-19H,5-17H2,1-4H3. The highest BCUT2D eigenvalue weighted by Gasteiger charge is 2.29. The molecular formula is C20H40O. The molecule has 0 aliphatic carbocycles. The van der Waals surface area contributed by atoms with Gasteiger partial charge in [-0.15, -0.1) is 0 Å². The Balaban J connectivity index is 3.87. The van der Waals surface area contributed by atoms with Crippen LogP contribution in [-0.4, -0.2) is 6.29 Å². The van der Waals surface area contributed by atoms with Crippen molar-refractivity contribution >= 4 is 6.29 Å². The fourth-order valence-corrected chi connectivity index (χ4v) is 3.09. The van der Waals surface area contributed by atoms with Crippen LogP contribution in [0.3, 0.4) is 0 Å². The molecule has 0 aromatic heterocycles. The van der Waals surface area contributed by atoms with Crippen LogP contribution in [0.4, 0.5) is 0 Å². The summed E-state index contributed by atoms with van der Waals surface area (Å²) in [5.41, 5.74) is -0.0878. The Kier molecular flexibility index (Phi) is 13.1. The van der Waals surface area contributed by atoms with E-state index in [1.165, 1.54) is 83.3 Å². The lowest BCUT2D eigenvalue weighted by Gasteiger charge is -2.30. The Morgan fingerprint density at radius 1 is 0.810 bits per heavy atom. The number of rotatable bonds is 15. The molecule has 0 radical (unpaired) electrons. The average molecular weight is 297 g/mol. The Hall–Kier alpha value is -0.330. The number of hydrogen-bond donors (Lipinski definition) is 0. The summed E-state index contributed by atoms with van der Waals surface area (Å²) in [6.45, 7) is 8.98. The van der Waals surface area contributed by atoms with Crippen LogP contribution in [0.25, 0.3) is 0 Å². The first-order valence-corrected chi connectivity index (χ1v) is 9.57. The van der Waals surface area contributed by atoms with Crippen molar-refractivity contribution < 1.29 is 4.79 Å². The molecule has 21 heavy (non-hydrogen) atoms. The van der Waals surface area contributed by atoms with Gasteiger partial charge >= 0.3 is 0 Å². The molecular weight excluding hydrogens is 256 g/mol. The molecule has 1 nitrogen and oxygen atoms in total. The van der Waals surface area contributed by atoms with Crippen molar-refractivity contribution in [3.63, 3.8) is 0 Å². The molecule has 0 rings (SSSR count). The van der Waals surface area contributed by atoms with Crippen molar-refractivity contribution in [3.05, 3.63) is 0 Å². The van der Waals surface area contributed by atoms with E-state index in [1.807, 2.05) is 0 Å². The topological polar surface area (TPSA) is 17.1 Å². The van der Waals surface area contributed by atoms with Crippen LogP contribution >= 0.6 is 0 Å². The lowest BCUT2D eigenvalue weighted by molar-refractivity contribution is -0.118. The first-order chi connectivity index (χ1) is 10.1. The summed E-state index contributed by atoms with van der Waals surface area (Å²) in [7, 11) is 0. The first-order valence-electron chi connectivity index (χ1n) is 9.57. The van der Waals surface area contributed by atoms with E-state index in [2.05, 4.69) is 27.7 Å². The lowest BCUT2D eigenvalue weighted by atomic mass is 9.73. The molecule has 0 bridgehead atoms. The van der Waals surface area contributed by atoms with Crippen LogP contribution in [-0.2, 0) is 4.79 Å². The second-order valence-corrected chi connectivity index (χ2v) is 7.25. The van der Waals surface area contributed by atoms with E-state index in [0.717, 1.165) is 6.42 Å². The molecule has 0 aliphatic rings. The van der Waals surface area contributed by atoms with Crippen LogP contribution in [0.2, 0.25) is 0 Å². The molecule has 2 atom stereocenters. The highest BCUT2D eigenvalue weighted by Crippen LogP contribution is 2.34. The van der Waals surface area contributed by atoms with Crippen molar-refractivity contribution in [2.45, 2.75) is 111 Å². The summed E-state index contributed by atoms with van der Waals surface area (Å²) < 4.78 is 0. The van der Waals surface area contributed by atoms with Crippen molar-refractivity contribution in [3.8, 4) is 0 Å². The van der Waals surface area contributed by atoms with Crippen molar-refractivity contribution in [1.29, 1.82) is 0 Å². The van der Waals surface area contributed by atoms with Crippen LogP contribution in [0.15, 0.2) is 0 Å². The molecule has 0 spiro atoms. The number of carbonyl (C=O) groups is 1. The maximum atomic E-state index is 11.6. The minimum Gasteiger partial charge on any atom is -0.303 e. The minimum absolute atomic E-state index is 0.0878. The molecule has 0 aromatic rings. The molecule has 1 heteroatoms. The van der Waals surface area contributed by atoms with Crippen LogP contribution < -0.4 is 0 Å². The average Bonchev–Trinajstić information content (AvgIpc) is 2.50. The lowest BCUT2D eigenvalue weighted by Crippen LogP contribution is -2.27. The summed E-state index contributed by atoms with van der Waals surface area (Å²) in [5, 5.41) is 0. The van der Waals surface area contributed by atoms with E-state index < -0.39 is 0 Å². The Bertz CT molecular complexity index is 236. The van der Waals surface area contributed by atoms with E-state index in [0.29, 0.717) is 5.92 Å². The normalized spacial score (nSPS) is 15.6. The highest BCUT2D eigenvalue weighted by atomic mass is 16.1. The second-order valence-electron chi connectivity index (χ2n) is 7.25. The van der Waals surface area contributed by atoms with Gasteiger partial charge in [0.15, 0.2) is 0 Å². The Morgan fingerprint density at radius 3 is 1.81 bits per heavy atom. The third-order valence-corrected chi connectivity index (χ3v) is 5.20. The third-order valence-electron chi connectivity index (χ3n) is 5.20. The molecule has 0 amide bonds. The zero-order valence-corrected chi connectivity index (χ0v) is 15.3. The van der Waals surface area contributed by atoms with E-state index >= 15 is 0 Å². The smallest absolute Gasteiger partial charge is 0.126 e. The Morgan fingerprint density at radius 2 is 1.29 bits per heavy atom. The van der Waals surface area contributed by atoms with E-state index in [4.69, 9.17) is 0 Å². The third kappa shape index (κ3) is 10.1. The zero-order chi connectivity index (χ0) is 16.0. The van der Waals surface area contributed by atoms with E-state index in [9.17, 15) is 4.79 Å². The van der Waals surface area contributed by atoms with Gasteiger partial charge in [0.25, 0.3) is 0 Å². The summed E-state index contributed by atoms with van der Waals surface area (Å²) in [6.07, 6.45) is 18.1. The molecule has 0 saturated heterocycles. The summed E-state index contributed by atoms with van der Waals surface area (Å²) >= 11 is 0. The predicted octanol–water partition coefficient (Wildman–Crippen LogP) is 6.94. The molecule has 2 unspecified atom stereocenters. The number of hydrogen-bond acceptors (Lipinski definition) is 1. The quantitative estimate of drug-likeness (QED) is 0.236. The number of aldehydes is 1. The van der Waals surface area contributed by atoms with Crippen LogP contribution in [0.1, 0.15) is 111 Å². The summed E-state index contributed by atoms with van der Waals surface area (Å²) in [4.78, 5) is 11.6. The van der Waals surface area contributed by atoms with Crippen molar-refractivity contribution in [2.75, 3.05) is 0 Å².